The minimum atomic E-state index is -0.702. The van der Waals surface area contributed by atoms with E-state index in [1.165, 1.54) is 0 Å². The molecule has 1 aliphatic rings. The normalized spacial score (nSPS) is 17.2. The summed E-state index contributed by atoms with van der Waals surface area (Å²) in [6.45, 7) is 3.58. The highest BCUT2D eigenvalue weighted by molar-refractivity contribution is 6.11. The van der Waals surface area contributed by atoms with Gasteiger partial charge in [0, 0.05) is 22.4 Å². The molecule has 2 aromatic rings. The molecule has 5 heteroatoms. The number of Topliss-reactive ketones (excluding diaryl/α,β-unsaturated/α-hetero) is 1. The van der Waals surface area contributed by atoms with E-state index in [9.17, 15) is 14.7 Å². The van der Waals surface area contributed by atoms with E-state index in [1.807, 2.05) is 13.0 Å². The van der Waals surface area contributed by atoms with E-state index in [2.05, 4.69) is 10.6 Å². The van der Waals surface area contributed by atoms with Crippen LogP contribution < -0.4 is 10.6 Å². The van der Waals surface area contributed by atoms with Gasteiger partial charge in [-0.15, -0.1) is 0 Å². The highest BCUT2D eigenvalue weighted by Crippen LogP contribution is 2.34. The number of phenolic OH excluding ortho intramolecular Hbond substituents is 1. The Morgan fingerprint density at radius 3 is 2.50 bits per heavy atom. The summed E-state index contributed by atoms with van der Waals surface area (Å²) in [5, 5.41) is 15.6. The lowest BCUT2D eigenvalue weighted by Gasteiger charge is -2.29. The van der Waals surface area contributed by atoms with Crippen LogP contribution in [-0.2, 0) is 0 Å². The van der Waals surface area contributed by atoms with Crippen molar-refractivity contribution >= 4 is 11.8 Å². The van der Waals surface area contributed by atoms with Gasteiger partial charge in [-0.2, -0.15) is 0 Å². The Morgan fingerprint density at radius 2 is 1.79 bits per heavy atom. The van der Waals surface area contributed by atoms with Crippen molar-refractivity contribution in [3.63, 3.8) is 0 Å². The van der Waals surface area contributed by atoms with Crippen molar-refractivity contribution < 1.29 is 14.7 Å². The minimum absolute atomic E-state index is 0.0407. The molecule has 1 aliphatic heterocycles. The van der Waals surface area contributed by atoms with Gasteiger partial charge in [0.25, 0.3) is 0 Å². The molecule has 2 aromatic carbocycles. The molecule has 0 saturated carbocycles. The minimum Gasteiger partial charge on any atom is -0.508 e. The van der Waals surface area contributed by atoms with Gasteiger partial charge in [0.05, 0.1) is 6.04 Å². The molecule has 2 amide bonds. The summed E-state index contributed by atoms with van der Waals surface area (Å²) in [4.78, 5) is 24.9. The number of urea groups is 1. The molecule has 122 valence electrons. The fourth-order valence-electron chi connectivity index (χ4n) is 2.88. The summed E-state index contributed by atoms with van der Waals surface area (Å²) < 4.78 is 0. The number of aromatic hydroxyl groups is 1. The third kappa shape index (κ3) is 2.88. The SMILES string of the molecule is CC1=C(C(=O)c2ccccc2)[C@H](c2cc(C)ccc2O)NC(=O)N1. The predicted octanol–water partition coefficient (Wildman–Crippen LogP) is 3.21. The molecule has 0 bridgehead atoms. The zero-order valence-corrected chi connectivity index (χ0v) is 13.5. The third-order valence-electron chi connectivity index (χ3n) is 4.04. The van der Waals surface area contributed by atoms with Gasteiger partial charge in [0.1, 0.15) is 5.75 Å². The molecular weight excluding hydrogens is 304 g/mol. The number of allylic oxidation sites excluding steroid dienone is 1. The second-order valence-corrected chi connectivity index (χ2v) is 5.83. The fourth-order valence-corrected chi connectivity index (χ4v) is 2.88. The van der Waals surface area contributed by atoms with Gasteiger partial charge in [0.15, 0.2) is 5.78 Å². The number of carbonyl (C=O) groups is 2. The van der Waals surface area contributed by atoms with E-state index < -0.39 is 12.1 Å². The number of aryl methyl sites for hydroxylation is 1. The van der Waals surface area contributed by atoms with Crippen molar-refractivity contribution in [2.45, 2.75) is 19.9 Å². The first-order chi connectivity index (χ1) is 11.5. The summed E-state index contributed by atoms with van der Waals surface area (Å²) in [6, 6.07) is 12.9. The summed E-state index contributed by atoms with van der Waals surface area (Å²) >= 11 is 0. The standard InChI is InChI=1S/C19H18N2O3/c1-11-8-9-15(22)14(10-11)17-16(12(2)20-19(24)21-17)18(23)13-6-4-3-5-7-13/h3-10,17,22H,1-2H3,(H2,20,21,24)/t17-/m0/s1. The topological polar surface area (TPSA) is 78.4 Å². The first-order valence-electron chi connectivity index (χ1n) is 7.65. The molecule has 0 aliphatic carbocycles. The number of amides is 2. The van der Waals surface area contributed by atoms with Crippen LogP contribution in [0.25, 0.3) is 0 Å². The lowest BCUT2D eigenvalue weighted by molar-refractivity contribution is 0.102. The fraction of sp³-hybridized carbons (Fsp3) is 0.158. The van der Waals surface area contributed by atoms with Crippen molar-refractivity contribution in [3.8, 4) is 5.75 Å². The number of hydrogen-bond donors (Lipinski definition) is 3. The Bertz CT molecular complexity index is 841. The lowest BCUT2D eigenvalue weighted by Crippen LogP contribution is -2.45. The van der Waals surface area contributed by atoms with Crippen LogP contribution in [0, 0.1) is 6.92 Å². The van der Waals surface area contributed by atoms with Crippen LogP contribution in [0.15, 0.2) is 59.8 Å². The number of nitrogens with one attached hydrogen (secondary N) is 2. The monoisotopic (exact) mass is 322 g/mol. The summed E-state index contributed by atoms with van der Waals surface area (Å²) in [6.07, 6.45) is 0. The van der Waals surface area contributed by atoms with Crippen molar-refractivity contribution in [2.75, 3.05) is 0 Å². The van der Waals surface area contributed by atoms with E-state index in [1.54, 1.807) is 49.4 Å². The van der Waals surface area contributed by atoms with Gasteiger partial charge in [-0.3, -0.25) is 4.79 Å². The Labute approximate surface area is 140 Å². The summed E-state index contributed by atoms with van der Waals surface area (Å²) in [5.41, 5.74) is 2.87. The van der Waals surface area contributed by atoms with Crippen molar-refractivity contribution in [1.29, 1.82) is 0 Å². The molecule has 0 spiro atoms. The first-order valence-corrected chi connectivity index (χ1v) is 7.65. The van der Waals surface area contributed by atoms with E-state index >= 15 is 0 Å². The van der Waals surface area contributed by atoms with Crippen LogP contribution in [0.1, 0.15) is 34.5 Å². The number of rotatable bonds is 3. The van der Waals surface area contributed by atoms with E-state index in [-0.39, 0.29) is 11.5 Å². The Hall–Kier alpha value is -3.08. The second kappa shape index (κ2) is 6.20. The van der Waals surface area contributed by atoms with Crippen LogP contribution in [0.4, 0.5) is 4.79 Å². The summed E-state index contributed by atoms with van der Waals surface area (Å²) in [7, 11) is 0. The first kappa shape index (κ1) is 15.8. The molecule has 3 rings (SSSR count). The van der Waals surface area contributed by atoms with Crippen molar-refractivity contribution in [3.05, 3.63) is 76.5 Å². The Morgan fingerprint density at radius 1 is 1.08 bits per heavy atom. The lowest BCUT2D eigenvalue weighted by atomic mass is 9.88. The number of carbonyl (C=O) groups excluding carboxylic acids is 2. The van der Waals surface area contributed by atoms with Gasteiger partial charge in [0.2, 0.25) is 0 Å². The van der Waals surface area contributed by atoms with Gasteiger partial charge >= 0.3 is 6.03 Å². The maximum absolute atomic E-state index is 13.0. The zero-order chi connectivity index (χ0) is 17.3. The van der Waals surface area contributed by atoms with Crippen LogP contribution >= 0.6 is 0 Å². The molecule has 24 heavy (non-hydrogen) atoms. The average Bonchev–Trinajstić information content (AvgIpc) is 2.56. The maximum atomic E-state index is 13.0. The number of benzene rings is 2. The van der Waals surface area contributed by atoms with Crippen LogP contribution in [0.2, 0.25) is 0 Å². The smallest absolute Gasteiger partial charge is 0.319 e. The molecule has 0 saturated heterocycles. The van der Waals surface area contributed by atoms with Crippen LogP contribution in [-0.4, -0.2) is 16.9 Å². The number of ketones is 1. The third-order valence-corrected chi connectivity index (χ3v) is 4.04. The number of phenols is 1. The highest BCUT2D eigenvalue weighted by atomic mass is 16.3. The second-order valence-electron chi connectivity index (χ2n) is 5.83. The Balaban J connectivity index is 2.12. The molecule has 0 fully saturated rings. The molecule has 0 unspecified atom stereocenters. The van der Waals surface area contributed by atoms with Crippen molar-refractivity contribution in [1.82, 2.24) is 10.6 Å². The molecule has 1 atom stereocenters. The predicted molar refractivity (Wildman–Crippen MR) is 90.7 cm³/mol. The molecule has 0 aromatic heterocycles. The molecule has 0 radical (unpaired) electrons. The molecule has 3 N–H and O–H groups in total. The van der Waals surface area contributed by atoms with Gasteiger partial charge in [-0.25, -0.2) is 4.79 Å². The van der Waals surface area contributed by atoms with Gasteiger partial charge in [-0.05, 0) is 26.0 Å². The molecular formula is C19H18N2O3. The van der Waals surface area contributed by atoms with Crippen LogP contribution in [0.5, 0.6) is 5.75 Å². The van der Waals surface area contributed by atoms with E-state index in [4.69, 9.17) is 0 Å². The quantitative estimate of drug-likeness (QED) is 0.759. The molecule has 5 nitrogen and oxygen atoms in total. The van der Waals surface area contributed by atoms with Crippen LogP contribution in [0.3, 0.4) is 0 Å². The highest BCUT2D eigenvalue weighted by Gasteiger charge is 2.33. The zero-order valence-electron chi connectivity index (χ0n) is 13.5. The maximum Gasteiger partial charge on any atom is 0.319 e. The largest absolute Gasteiger partial charge is 0.508 e. The van der Waals surface area contributed by atoms with Gasteiger partial charge in [-0.1, -0.05) is 42.0 Å². The van der Waals surface area contributed by atoms with E-state index in [0.717, 1.165) is 5.56 Å². The van der Waals surface area contributed by atoms with Crippen molar-refractivity contribution in [2.24, 2.45) is 0 Å². The Kier molecular flexibility index (Phi) is 4.08. The molecule has 1 heterocycles. The van der Waals surface area contributed by atoms with E-state index in [0.29, 0.717) is 22.4 Å². The number of hydrogen-bond acceptors (Lipinski definition) is 3. The summed E-state index contributed by atoms with van der Waals surface area (Å²) in [5.74, 6) is -0.148. The average molecular weight is 322 g/mol. The van der Waals surface area contributed by atoms with Gasteiger partial charge < -0.3 is 15.7 Å².